The van der Waals surface area contributed by atoms with Gasteiger partial charge < -0.3 is 9.88 Å². The van der Waals surface area contributed by atoms with E-state index in [4.69, 9.17) is 11.6 Å². The molecule has 0 saturated carbocycles. The van der Waals surface area contributed by atoms with E-state index >= 15 is 0 Å². The van der Waals surface area contributed by atoms with Crippen molar-refractivity contribution in [3.63, 3.8) is 0 Å². The largest absolute Gasteiger partial charge is 0.376 e. The van der Waals surface area contributed by atoms with Gasteiger partial charge in [0.05, 0.1) is 24.4 Å². The second-order valence-corrected chi connectivity index (χ2v) is 7.59. The first-order valence-electron chi connectivity index (χ1n) is 10.0. The van der Waals surface area contributed by atoms with Crippen molar-refractivity contribution >= 4 is 40.3 Å². The lowest BCUT2D eigenvalue weighted by atomic mass is 10.1. The molecule has 0 aliphatic carbocycles. The van der Waals surface area contributed by atoms with E-state index in [1.54, 1.807) is 30.5 Å². The molecule has 1 amide bonds. The van der Waals surface area contributed by atoms with Crippen molar-refractivity contribution in [1.82, 2.24) is 9.99 Å². The molecule has 0 unspecified atom stereocenters. The second-order valence-electron chi connectivity index (χ2n) is 7.15. The fourth-order valence-corrected chi connectivity index (χ4v) is 3.55. The second kappa shape index (κ2) is 9.82. The summed E-state index contributed by atoms with van der Waals surface area (Å²) in [5.74, 6) is -0.261. The highest BCUT2D eigenvalue weighted by atomic mass is 35.5. The number of aromatic nitrogens is 1. The van der Waals surface area contributed by atoms with E-state index in [-0.39, 0.29) is 12.5 Å². The Morgan fingerprint density at radius 2 is 1.81 bits per heavy atom. The lowest BCUT2D eigenvalue weighted by Gasteiger charge is -2.07. The standard InChI is InChI=1S/C25H20ClN5O/c26-21-9-11-22(12-10-21)28-15-25(32)30-29-14-20-17-31(24-8-4-3-7-23(20)24)16-19-6-2-1-5-18(19)13-27/h1-12,14,17,28H,15-16H2,(H,30,32)/b29-14-. The molecule has 0 bridgehead atoms. The Morgan fingerprint density at radius 3 is 2.62 bits per heavy atom. The van der Waals surface area contributed by atoms with Gasteiger partial charge in [0, 0.05) is 39.9 Å². The number of anilines is 1. The Bertz CT molecular complexity index is 1320. The van der Waals surface area contributed by atoms with Gasteiger partial charge in [-0.25, -0.2) is 5.43 Å². The molecule has 0 aliphatic rings. The summed E-state index contributed by atoms with van der Waals surface area (Å²) in [5.41, 5.74) is 6.84. The Labute approximate surface area is 190 Å². The van der Waals surface area contributed by atoms with Crippen molar-refractivity contribution in [2.24, 2.45) is 5.10 Å². The molecule has 1 aromatic heterocycles. The van der Waals surface area contributed by atoms with Crippen LogP contribution in [0.1, 0.15) is 16.7 Å². The minimum atomic E-state index is -0.261. The lowest BCUT2D eigenvalue weighted by molar-refractivity contribution is -0.119. The summed E-state index contributed by atoms with van der Waals surface area (Å²) < 4.78 is 2.08. The molecule has 2 N–H and O–H groups in total. The summed E-state index contributed by atoms with van der Waals surface area (Å²) >= 11 is 5.86. The summed E-state index contributed by atoms with van der Waals surface area (Å²) in [6.45, 7) is 0.654. The normalized spacial score (nSPS) is 10.9. The average molecular weight is 442 g/mol. The number of rotatable bonds is 7. The van der Waals surface area contributed by atoms with Gasteiger partial charge in [-0.3, -0.25) is 4.79 Å². The molecular formula is C25H20ClN5O. The highest BCUT2D eigenvalue weighted by Crippen LogP contribution is 2.22. The fourth-order valence-electron chi connectivity index (χ4n) is 3.42. The third-order valence-electron chi connectivity index (χ3n) is 4.99. The van der Waals surface area contributed by atoms with Gasteiger partial charge in [-0.2, -0.15) is 10.4 Å². The van der Waals surface area contributed by atoms with Crippen LogP contribution in [-0.4, -0.2) is 23.2 Å². The summed E-state index contributed by atoms with van der Waals surface area (Å²) in [5, 5.41) is 18.2. The highest BCUT2D eigenvalue weighted by molar-refractivity contribution is 6.30. The van der Waals surface area contributed by atoms with Crippen LogP contribution in [0.5, 0.6) is 0 Å². The smallest absolute Gasteiger partial charge is 0.259 e. The predicted octanol–water partition coefficient (Wildman–Crippen LogP) is 4.78. The van der Waals surface area contributed by atoms with E-state index < -0.39 is 0 Å². The van der Waals surface area contributed by atoms with Gasteiger partial charge in [0.2, 0.25) is 0 Å². The summed E-state index contributed by atoms with van der Waals surface area (Å²) in [6, 6.07) is 24.9. The molecule has 6 nitrogen and oxygen atoms in total. The molecule has 0 fully saturated rings. The van der Waals surface area contributed by atoms with Crippen LogP contribution in [-0.2, 0) is 11.3 Å². The van der Waals surface area contributed by atoms with Crippen LogP contribution in [0.4, 0.5) is 5.69 Å². The van der Waals surface area contributed by atoms with Gasteiger partial charge in [0.25, 0.3) is 5.91 Å². The van der Waals surface area contributed by atoms with Crippen LogP contribution >= 0.6 is 11.6 Å². The van der Waals surface area contributed by atoms with Gasteiger partial charge in [-0.1, -0.05) is 48.0 Å². The van der Waals surface area contributed by atoms with Crippen molar-refractivity contribution in [2.45, 2.75) is 6.54 Å². The van der Waals surface area contributed by atoms with E-state index in [9.17, 15) is 10.1 Å². The first-order chi connectivity index (χ1) is 15.6. The Morgan fingerprint density at radius 1 is 1.06 bits per heavy atom. The van der Waals surface area contributed by atoms with Crippen LogP contribution in [0.3, 0.4) is 0 Å². The van der Waals surface area contributed by atoms with Gasteiger partial charge in [-0.15, -0.1) is 0 Å². The predicted molar refractivity (Wildman–Crippen MR) is 128 cm³/mol. The van der Waals surface area contributed by atoms with E-state index in [1.807, 2.05) is 54.7 Å². The maximum Gasteiger partial charge on any atom is 0.259 e. The van der Waals surface area contributed by atoms with Crippen LogP contribution in [0.2, 0.25) is 5.02 Å². The van der Waals surface area contributed by atoms with Crippen molar-refractivity contribution in [1.29, 1.82) is 5.26 Å². The van der Waals surface area contributed by atoms with Crippen molar-refractivity contribution in [3.05, 3.63) is 101 Å². The zero-order valence-corrected chi connectivity index (χ0v) is 17.9. The van der Waals surface area contributed by atoms with Crippen LogP contribution in [0.15, 0.2) is 84.1 Å². The molecular weight excluding hydrogens is 422 g/mol. The summed E-state index contributed by atoms with van der Waals surface area (Å²) in [7, 11) is 0. The molecule has 4 rings (SSSR count). The van der Waals surface area contributed by atoms with Crippen molar-refractivity contribution in [3.8, 4) is 6.07 Å². The number of carbonyl (C=O) groups is 1. The SMILES string of the molecule is N#Cc1ccccc1Cn1cc(/C=N\NC(=O)CNc2ccc(Cl)cc2)c2ccccc21. The van der Waals surface area contributed by atoms with Gasteiger partial charge >= 0.3 is 0 Å². The number of fused-ring (bicyclic) bond motifs is 1. The van der Waals surface area contributed by atoms with Gasteiger partial charge in [0.1, 0.15) is 0 Å². The minimum absolute atomic E-state index is 0.0890. The zero-order chi connectivity index (χ0) is 22.3. The number of benzene rings is 3. The number of nitriles is 1. The molecule has 0 radical (unpaired) electrons. The van der Waals surface area contributed by atoms with Crippen molar-refractivity contribution < 1.29 is 4.79 Å². The third-order valence-corrected chi connectivity index (χ3v) is 5.24. The van der Waals surface area contributed by atoms with Crippen LogP contribution < -0.4 is 10.7 Å². The number of hydrogen-bond acceptors (Lipinski definition) is 4. The van der Waals surface area contributed by atoms with E-state index in [0.717, 1.165) is 27.7 Å². The quantitative estimate of drug-likeness (QED) is 0.320. The van der Waals surface area contributed by atoms with Gasteiger partial charge in [0.15, 0.2) is 0 Å². The molecule has 1 heterocycles. The molecule has 32 heavy (non-hydrogen) atoms. The zero-order valence-electron chi connectivity index (χ0n) is 17.1. The molecule has 158 valence electrons. The van der Waals surface area contributed by atoms with Crippen LogP contribution in [0.25, 0.3) is 10.9 Å². The summed E-state index contributed by atoms with van der Waals surface area (Å²) in [4.78, 5) is 12.1. The number of carbonyl (C=O) groups excluding carboxylic acids is 1. The number of hydrazone groups is 1. The Hall–Kier alpha value is -4.08. The number of nitrogens with zero attached hydrogens (tertiary/aromatic N) is 3. The lowest BCUT2D eigenvalue weighted by Crippen LogP contribution is -2.25. The molecule has 0 aliphatic heterocycles. The maximum absolute atomic E-state index is 12.1. The first-order valence-corrected chi connectivity index (χ1v) is 10.4. The molecule has 4 aromatic rings. The maximum atomic E-state index is 12.1. The molecule has 7 heteroatoms. The molecule has 0 saturated heterocycles. The van der Waals surface area contributed by atoms with Crippen LogP contribution in [0, 0.1) is 11.3 Å². The topological polar surface area (TPSA) is 82.2 Å². The van der Waals surface area contributed by atoms with E-state index in [0.29, 0.717) is 17.1 Å². The average Bonchev–Trinajstić information content (AvgIpc) is 3.16. The number of halogens is 1. The van der Waals surface area contributed by atoms with E-state index in [1.165, 1.54) is 0 Å². The third kappa shape index (κ3) is 4.97. The monoisotopic (exact) mass is 441 g/mol. The Kier molecular flexibility index (Phi) is 6.49. The minimum Gasteiger partial charge on any atom is -0.376 e. The number of nitrogens with one attached hydrogen (secondary N) is 2. The first kappa shape index (κ1) is 21.2. The summed E-state index contributed by atoms with van der Waals surface area (Å²) in [6.07, 6.45) is 3.61. The highest BCUT2D eigenvalue weighted by Gasteiger charge is 2.09. The fraction of sp³-hybridized carbons (Fsp3) is 0.0800. The molecule has 3 aromatic carbocycles. The van der Waals surface area contributed by atoms with E-state index in [2.05, 4.69) is 26.5 Å². The van der Waals surface area contributed by atoms with Gasteiger partial charge in [-0.05, 0) is 42.0 Å². The molecule has 0 spiro atoms. The number of hydrogen-bond donors (Lipinski definition) is 2. The number of para-hydroxylation sites is 1. The van der Waals surface area contributed by atoms with Crippen molar-refractivity contribution in [2.75, 3.05) is 11.9 Å². The molecule has 0 atom stereocenters. The Balaban J connectivity index is 1.46. The number of amides is 1.